The van der Waals surface area contributed by atoms with Gasteiger partial charge in [-0.3, -0.25) is 4.90 Å². The van der Waals surface area contributed by atoms with Crippen LogP contribution in [0.5, 0.6) is 0 Å². The summed E-state index contributed by atoms with van der Waals surface area (Å²) in [4.78, 5) is 13.5. The highest BCUT2D eigenvalue weighted by Crippen LogP contribution is 2.31. The zero-order chi connectivity index (χ0) is 10.2. The van der Waals surface area contributed by atoms with Crippen molar-refractivity contribution < 1.29 is 9.53 Å². The standard InChI is InChI=1S/C10H18N2O2/c1-3-12-6-4-5-8(12)10(2)7-11-9(13)14-10/h8H,3-7H2,1-2H3,(H,11,13). The molecule has 0 aliphatic carbocycles. The average Bonchev–Trinajstić information content (AvgIpc) is 2.73. The number of likely N-dealkylation sites (N-methyl/N-ethyl adjacent to an activating group) is 1. The second-order valence-electron chi connectivity index (χ2n) is 4.34. The molecular weight excluding hydrogens is 180 g/mol. The third-order valence-corrected chi connectivity index (χ3v) is 3.38. The van der Waals surface area contributed by atoms with Crippen LogP contribution >= 0.6 is 0 Å². The minimum Gasteiger partial charge on any atom is -0.440 e. The van der Waals surface area contributed by atoms with Crippen molar-refractivity contribution in [1.29, 1.82) is 0 Å². The maximum Gasteiger partial charge on any atom is 0.407 e. The van der Waals surface area contributed by atoms with E-state index < -0.39 is 0 Å². The first kappa shape index (κ1) is 9.77. The molecule has 2 atom stereocenters. The summed E-state index contributed by atoms with van der Waals surface area (Å²) in [5.74, 6) is 0. The number of carbonyl (C=O) groups excluding carboxylic acids is 1. The van der Waals surface area contributed by atoms with E-state index in [-0.39, 0.29) is 11.7 Å². The van der Waals surface area contributed by atoms with Crippen molar-refractivity contribution in [2.45, 2.75) is 38.3 Å². The van der Waals surface area contributed by atoms with E-state index in [9.17, 15) is 4.79 Å². The summed E-state index contributed by atoms with van der Waals surface area (Å²) in [5.41, 5.74) is -0.316. The molecule has 2 heterocycles. The van der Waals surface area contributed by atoms with Crippen LogP contribution in [0.2, 0.25) is 0 Å². The van der Waals surface area contributed by atoms with Gasteiger partial charge in [0.05, 0.1) is 12.6 Å². The Morgan fingerprint density at radius 1 is 1.71 bits per heavy atom. The Labute approximate surface area is 84.6 Å². The quantitative estimate of drug-likeness (QED) is 0.719. The maximum atomic E-state index is 11.1. The lowest BCUT2D eigenvalue weighted by Gasteiger charge is -2.34. The summed E-state index contributed by atoms with van der Waals surface area (Å²) in [6, 6.07) is 0.395. The first-order valence-corrected chi connectivity index (χ1v) is 5.36. The van der Waals surface area contributed by atoms with Gasteiger partial charge in [0, 0.05) is 0 Å². The Morgan fingerprint density at radius 3 is 3.07 bits per heavy atom. The number of cyclic esters (lactones) is 1. The fraction of sp³-hybridized carbons (Fsp3) is 0.900. The molecule has 80 valence electrons. The summed E-state index contributed by atoms with van der Waals surface area (Å²) < 4.78 is 5.37. The van der Waals surface area contributed by atoms with Crippen LogP contribution in [0.3, 0.4) is 0 Å². The molecule has 2 unspecified atom stereocenters. The van der Waals surface area contributed by atoms with Crippen LogP contribution in [0.1, 0.15) is 26.7 Å². The van der Waals surface area contributed by atoms with E-state index in [1.54, 1.807) is 0 Å². The lowest BCUT2D eigenvalue weighted by Crippen LogP contribution is -2.50. The third kappa shape index (κ3) is 1.47. The molecule has 4 heteroatoms. The van der Waals surface area contributed by atoms with E-state index in [4.69, 9.17) is 4.74 Å². The number of nitrogens with zero attached hydrogens (tertiary/aromatic N) is 1. The van der Waals surface area contributed by atoms with E-state index in [1.165, 1.54) is 6.42 Å². The van der Waals surface area contributed by atoms with Crippen molar-refractivity contribution >= 4 is 6.09 Å². The van der Waals surface area contributed by atoms with Gasteiger partial charge < -0.3 is 10.1 Å². The SMILES string of the molecule is CCN1CCCC1C1(C)CNC(=O)O1. The third-order valence-electron chi connectivity index (χ3n) is 3.38. The molecule has 0 aromatic heterocycles. The molecule has 0 bridgehead atoms. The van der Waals surface area contributed by atoms with Crippen LogP contribution in [0.4, 0.5) is 4.79 Å². The summed E-state index contributed by atoms with van der Waals surface area (Å²) >= 11 is 0. The van der Waals surface area contributed by atoms with Gasteiger partial charge in [-0.15, -0.1) is 0 Å². The molecular formula is C10H18N2O2. The normalized spacial score (nSPS) is 38.4. The van der Waals surface area contributed by atoms with Gasteiger partial charge in [0.15, 0.2) is 0 Å². The van der Waals surface area contributed by atoms with Crippen molar-refractivity contribution in [2.24, 2.45) is 0 Å². The Balaban J connectivity index is 2.09. The Hall–Kier alpha value is -0.770. The molecule has 0 radical (unpaired) electrons. The molecule has 0 saturated carbocycles. The molecule has 2 saturated heterocycles. The van der Waals surface area contributed by atoms with Crippen molar-refractivity contribution in [2.75, 3.05) is 19.6 Å². The molecule has 0 aromatic carbocycles. The minimum absolute atomic E-state index is 0.268. The van der Waals surface area contributed by atoms with E-state index in [1.807, 2.05) is 6.92 Å². The highest BCUT2D eigenvalue weighted by atomic mass is 16.6. The van der Waals surface area contributed by atoms with Crippen molar-refractivity contribution in [3.8, 4) is 0 Å². The van der Waals surface area contributed by atoms with Gasteiger partial charge in [0.2, 0.25) is 0 Å². The van der Waals surface area contributed by atoms with E-state index in [0.29, 0.717) is 12.6 Å². The molecule has 1 amide bonds. The van der Waals surface area contributed by atoms with Gasteiger partial charge in [-0.25, -0.2) is 4.79 Å². The minimum atomic E-state index is -0.316. The van der Waals surface area contributed by atoms with Crippen LogP contribution in [0.25, 0.3) is 0 Å². The summed E-state index contributed by atoms with van der Waals surface area (Å²) in [5, 5.41) is 2.74. The van der Waals surface area contributed by atoms with Crippen LogP contribution in [-0.4, -0.2) is 42.3 Å². The van der Waals surface area contributed by atoms with Gasteiger partial charge >= 0.3 is 6.09 Å². The van der Waals surface area contributed by atoms with Gasteiger partial charge in [0.1, 0.15) is 5.60 Å². The van der Waals surface area contributed by atoms with Gasteiger partial charge in [-0.1, -0.05) is 6.92 Å². The number of nitrogens with one attached hydrogen (secondary N) is 1. The second kappa shape index (κ2) is 3.42. The molecule has 0 aromatic rings. The Morgan fingerprint density at radius 2 is 2.50 bits per heavy atom. The number of likely N-dealkylation sites (tertiary alicyclic amines) is 1. The Bertz CT molecular complexity index is 244. The summed E-state index contributed by atoms with van der Waals surface area (Å²) in [6.07, 6.45) is 2.08. The number of hydrogen-bond donors (Lipinski definition) is 1. The number of carbonyl (C=O) groups is 1. The van der Waals surface area contributed by atoms with Gasteiger partial charge in [-0.2, -0.15) is 0 Å². The average molecular weight is 198 g/mol. The predicted molar refractivity (Wildman–Crippen MR) is 53.2 cm³/mol. The van der Waals surface area contributed by atoms with E-state index >= 15 is 0 Å². The summed E-state index contributed by atoms with van der Waals surface area (Å²) in [7, 11) is 0. The van der Waals surface area contributed by atoms with Gasteiger partial charge in [0.25, 0.3) is 0 Å². The van der Waals surface area contributed by atoms with Crippen LogP contribution in [0.15, 0.2) is 0 Å². The lowest BCUT2D eigenvalue weighted by atomic mass is 9.94. The second-order valence-corrected chi connectivity index (χ2v) is 4.34. The number of alkyl carbamates (subject to hydrolysis) is 1. The molecule has 2 aliphatic heterocycles. The molecule has 2 fully saturated rings. The van der Waals surface area contributed by atoms with Crippen molar-refractivity contribution in [3.05, 3.63) is 0 Å². The first-order chi connectivity index (χ1) is 6.65. The molecule has 0 spiro atoms. The maximum absolute atomic E-state index is 11.1. The summed E-state index contributed by atoms with van der Waals surface area (Å²) in [6.45, 7) is 7.01. The predicted octanol–water partition coefficient (Wildman–Crippen LogP) is 0.969. The molecule has 4 nitrogen and oxygen atoms in total. The lowest BCUT2D eigenvalue weighted by molar-refractivity contribution is 0.00515. The van der Waals surface area contributed by atoms with E-state index in [2.05, 4.69) is 17.1 Å². The molecule has 2 aliphatic rings. The smallest absolute Gasteiger partial charge is 0.407 e. The fourth-order valence-electron chi connectivity index (χ4n) is 2.61. The van der Waals surface area contributed by atoms with Crippen molar-refractivity contribution in [3.63, 3.8) is 0 Å². The highest BCUT2D eigenvalue weighted by Gasteiger charge is 2.46. The van der Waals surface area contributed by atoms with E-state index in [0.717, 1.165) is 19.5 Å². The van der Waals surface area contributed by atoms with Crippen molar-refractivity contribution in [1.82, 2.24) is 10.2 Å². The Kier molecular flexibility index (Phi) is 2.39. The number of ether oxygens (including phenoxy) is 1. The zero-order valence-electron chi connectivity index (χ0n) is 8.88. The van der Waals surface area contributed by atoms with Crippen LogP contribution < -0.4 is 5.32 Å². The first-order valence-electron chi connectivity index (χ1n) is 5.36. The largest absolute Gasteiger partial charge is 0.440 e. The number of amides is 1. The molecule has 14 heavy (non-hydrogen) atoms. The number of rotatable bonds is 2. The monoisotopic (exact) mass is 198 g/mol. The molecule has 1 N–H and O–H groups in total. The van der Waals surface area contributed by atoms with Crippen LogP contribution in [-0.2, 0) is 4.74 Å². The molecule has 2 rings (SSSR count). The van der Waals surface area contributed by atoms with Gasteiger partial charge in [-0.05, 0) is 32.9 Å². The fourth-order valence-corrected chi connectivity index (χ4v) is 2.61. The van der Waals surface area contributed by atoms with Crippen LogP contribution in [0, 0.1) is 0 Å². The number of hydrogen-bond acceptors (Lipinski definition) is 3. The topological polar surface area (TPSA) is 41.6 Å². The zero-order valence-corrected chi connectivity index (χ0v) is 8.88. The highest BCUT2D eigenvalue weighted by molar-refractivity contribution is 5.70.